The van der Waals surface area contributed by atoms with E-state index in [2.05, 4.69) is 29.0 Å². The number of carbonyl (C=O) groups excluding carboxylic acids is 1. The average Bonchev–Trinajstić information content (AvgIpc) is 3.06. The van der Waals surface area contributed by atoms with Crippen LogP contribution in [-0.4, -0.2) is 24.0 Å². The maximum absolute atomic E-state index is 12.2. The molecule has 2 aromatic heterocycles. The molecule has 0 bridgehead atoms. The molecule has 0 unspecified atom stereocenters. The molecule has 0 saturated heterocycles. The van der Waals surface area contributed by atoms with E-state index in [0.29, 0.717) is 12.1 Å². The van der Waals surface area contributed by atoms with Crippen LogP contribution in [0.4, 0.5) is 5.69 Å². The molecule has 0 saturated carbocycles. The summed E-state index contributed by atoms with van der Waals surface area (Å²) in [5, 5.41) is 2.84. The average molecular weight is 301 g/mol. The molecule has 22 heavy (non-hydrogen) atoms. The zero-order chi connectivity index (χ0) is 15.8. The number of aromatic nitrogens is 1. The Hall–Kier alpha value is -2.30. The minimum Gasteiger partial charge on any atom is -0.467 e. The molecule has 2 aromatic rings. The van der Waals surface area contributed by atoms with Gasteiger partial charge in [-0.25, -0.2) is 0 Å². The molecule has 0 radical (unpaired) electrons. The Bertz CT molecular complexity index is 575. The third kappa shape index (κ3) is 4.35. The summed E-state index contributed by atoms with van der Waals surface area (Å²) in [5.74, 6) is 0.592. The van der Waals surface area contributed by atoms with Gasteiger partial charge in [0.2, 0.25) is 0 Å². The predicted octanol–water partition coefficient (Wildman–Crippen LogP) is 3.23. The third-order valence-corrected chi connectivity index (χ3v) is 3.34. The number of amides is 1. The number of carbonyl (C=O) groups is 1. The number of hydrogen-bond donors (Lipinski definition) is 1. The minimum atomic E-state index is -0.140. The van der Waals surface area contributed by atoms with Gasteiger partial charge in [-0.05, 0) is 31.0 Å². The van der Waals surface area contributed by atoms with Gasteiger partial charge in [0.05, 0.1) is 30.3 Å². The van der Waals surface area contributed by atoms with Crippen LogP contribution in [0.1, 0.15) is 42.8 Å². The first-order valence-corrected chi connectivity index (χ1v) is 7.75. The van der Waals surface area contributed by atoms with Crippen LogP contribution in [-0.2, 0) is 6.54 Å². The van der Waals surface area contributed by atoms with Crippen molar-refractivity contribution in [2.45, 2.75) is 33.2 Å². The molecule has 118 valence electrons. The topological polar surface area (TPSA) is 58.4 Å². The number of pyridine rings is 1. The van der Waals surface area contributed by atoms with Crippen molar-refractivity contribution in [2.75, 3.05) is 18.0 Å². The maximum atomic E-state index is 12.2. The standard InChI is InChI=1S/C17H23N3O2/c1-3-7-20(8-4-2)15-10-14(11-18-12-15)17(21)19-13-16-6-5-9-22-16/h5-6,9-12H,3-4,7-8,13H2,1-2H3,(H,19,21). The van der Waals surface area contributed by atoms with Crippen molar-refractivity contribution in [2.24, 2.45) is 0 Å². The van der Waals surface area contributed by atoms with Gasteiger partial charge in [-0.3, -0.25) is 9.78 Å². The van der Waals surface area contributed by atoms with Crippen molar-refractivity contribution in [1.29, 1.82) is 0 Å². The van der Waals surface area contributed by atoms with E-state index in [4.69, 9.17) is 4.42 Å². The molecule has 0 fully saturated rings. The molecule has 0 spiro atoms. The molecule has 5 nitrogen and oxygen atoms in total. The van der Waals surface area contributed by atoms with Crippen LogP contribution in [0.2, 0.25) is 0 Å². The summed E-state index contributed by atoms with van der Waals surface area (Å²) in [4.78, 5) is 18.7. The second-order valence-corrected chi connectivity index (χ2v) is 5.18. The Morgan fingerprint density at radius 1 is 1.27 bits per heavy atom. The van der Waals surface area contributed by atoms with Crippen LogP contribution in [0.5, 0.6) is 0 Å². The van der Waals surface area contributed by atoms with Crippen LogP contribution in [0, 0.1) is 0 Å². The molecule has 2 heterocycles. The second kappa shape index (κ2) is 8.22. The molecular weight excluding hydrogens is 278 g/mol. The lowest BCUT2D eigenvalue weighted by Crippen LogP contribution is -2.26. The Morgan fingerprint density at radius 2 is 2.05 bits per heavy atom. The quantitative estimate of drug-likeness (QED) is 0.813. The first-order chi connectivity index (χ1) is 10.7. The molecule has 0 aliphatic carbocycles. The van der Waals surface area contributed by atoms with Crippen molar-refractivity contribution in [3.63, 3.8) is 0 Å². The fraction of sp³-hybridized carbons (Fsp3) is 0.412. The summed E-state index contributed by atoms with van der Waals surface area (Å²) >= 11 is 0. The van der Waals surface area contributed by atoms with E-state index in [0.717, 1.165) is 37.4 Å². The second-order valence-electron chi connectivity index (χ2n) is 5.18. The van der Waals surface area contributed by atoms with Gasteiger partial charge < -0.3 is 14.6 Å². The highest BCUT2D eigenvalue weighted by Crippen LogP contribution is 2.15. The van der Waals surface area contributed by atoms with E-state index in [9.17, 15) is 4.79 Å². The summed E-state index contributed by atoms with van der Waals surface area (Å²) in [6, 6.07) is 5.53. The van der Waals surface area contributed by atoms with E-state index in [-0.39, 0.29) is 5.91 Å². The lowest BCUT2D eigenvalue weighted by molar-refractivity contribution is 0.0947. The highest BCUT2D eigenvalue weighted by Gasteiger charge is 2.11. The Morgan fingerprint density at radius 3 is 2.68 bits per heavy atom. The molecule has 5 heteroatoms. The highest BCUT2D eigenvalue weighted by atomic mass is 16.3. The van der Waals surface area contributed by atoms with Crippen LogP contribution < -0.4 is 10.2 Å². The molecule has 0 aliphatic rings. The number of anilines is 1. The Balaban J connectivity index is 2.04. The first kappa shape index (κ1) is 16.1. The van der Waals surface area contributed by atoms with E-state index < -0.39 is 0 Å². The molecule has 0 aliphatic heterocycles. The highest BCUT2D eigenvalue weighted by molar-refractivity contribution is 5.94. The summed E-state index contributed by atoms with van der Waals surface area (Å²) in [6.45, 7) is 6.61. The maximum Gasteiger partial charge on any atom is 0.253 e. The van der Waals surface area contributed by atoms with Gasteiger partial charge in [0.15, 0.2) is 0 Å². The van der Waals surface area contributed by atoms with Gasteiger partial charge in [-0.2, -0.15) is 0 Å². The van der Waals surface area contributed by atoms with Crippen molar-refractivity contribution in [3.05, 3.63) is 48.2 Å². The van der Waals surface area contributed by atoms with Gasteiger partial charge in [0.25, 0.3) is 5.91 Å². The van der Waals surface area contributed by atoms with Crippen LogP contribution in [0.25, 0.3) is 0 Å². The third-order valence-electron chi connectivity index (χ3n) is 3.34. The SMILES string of the molecule is CCCN(CCC)c1cncc(C(=O)NCc2ccco2)c1. The number of hydrogen-bond acceptors (Lipinski definition) is 4. The first-order valence-electron chi connectivity index (χ1n) is 7.75. The molecule has 1 amide bonds. The van der Waals surface area contributed by atoms with E-state index in [1.807, 2.05) is 18.3 Å². The molecular formula is C17H23N3O2. The number of rotatable bonds is 8. The molecule has 0 atom stereocenters. The van der Waals surface area contributed by atoms with Crippen LogP contribution >= 0.6 is 0 Å². The number of nitrogens with one attached hydrogen (secondary N) is 1. The zero-order valence-electron chi connectivity index (χ0n) is 13.2. The largest absolute Gasteiger partial charge is 0.467 e. The molecule has 0 aromatic carbocycles. The van der Waals surface area contributed by atoms with Gasteiger partial charge in [-0.1, -0.05) is 13.8 Å². The monoisotopic (exact) mass is 301 g/mol. The van der Waals surface area contributed by atoms with Gasteiger partial charge >= 0.3 is 0 Å². The normalized spacial score (nSPS) is 10.5. The zero-order valence-corrected chi connectivity index (χ0v) is 13.2. The summed E-state index contributed by atoms with van der Waals surface area (Å²) in [5.41, 5.74) is 1.57. The molecule has 2 rings (SSSR count). The Kier molecular flexibility index (Phi) is 6.01. The summed E-state index contributed by atoms with van der Waals surface area (Å²) < 4.78 is 5.21. The Labute approximate surface area is 131 Å². The van der Waals surface area contributed by atoms with E-state index >= 15 is 0 Å². The van der Waals surface area contributed by atoms with E-state index in [1.165, 1.54) is 0 Å². The van der Waals surface area contributed by atoms with Crippen molar-refractivity contribution >= 4 is 11.6 Å². The number of furan rings is 1. The van der Waals surface area contributed by atoms with Crippen molar-refractivity contribution < 1.29 is 9.21 Å². The summed E-state index contributed by atoms with van der Waals surface area (Å²) in [6.07, 6.45) is 7.13. The van der Waals surface area contributed by atoms with E-state index in [1.54, 1.807) is 18.5 Å². The molecule has 1 N–H and O–H groups in total. The smallest absolute Gasteiger partial charge is 0.253 e. The van der Waals surface area contributed by atoms with Crippen LogP contribution in [0.3, 0.4) is 0 Å². The predicted molar refractivity (Wildman–Crippen MR) is 86.9 cm³/mol. The van der Waals surface area contributed by atoms with Crippen LogP contribution in [0.15, 0.2) is 41.3 Å². The fourth-order valence-corrected chi connectivity index (χ4v) is 2.32. The summed E-state index contributed by atoms with van der Waals surface area (Å²) in [7, 11) is 0. The minimum absolute atomic E-state index is 0.140. The van der Waals surface area contributed by atoms with Crippen molar-refractivity contribution in [3.8, 4) is 0 Å². The number of nitrogens with zero attached hydrogens (tertiary/aromatic N) is 2. The lowest BCUT2D eigenvalue weighted by atomic mass is 10.2. The lowest BCUT2D eigenvalue weighted by Gasteiger charge is -2.23. The van der Waals surface area contributed by atoms with Gasteiger partial charge in [0, 0.05) is 19.3 Å². The van der Waals surface area contributed by atoms with Gasteiger partial charge in [0.1, 0.15) is 5.76 Å². The van der Waals surface area contributed by atoms with Gasteiger partial charge in [-0.15, -0.1) is 0 Å². The van der Waals surface area contributed by atoms with Crippen molar-refractivity contribution in [1.82, 2.24) is 10.3 Å². The fourth-order valence-electron chi connectivity index (χ4n) is 2.32.